The summed E-state index contributed by atoms with van der Waals surface area (Å²) in [6.45, 7) is 3.71. The van der Waals surface area contributed by atoms with Gasteiger partial charge >= 0.3 is 5.97 Å². The normalized spacial score (nSPS) is 11.5. The van der Waals surface area contributed by atoms with Crippen molar-refractivity contribution in [3.63, 3.8) is 0 Å². The molecule has 2 rings (SSSR count). The number of hydrogen-bond acceptors (Lipinski definition) is 5. The van der Waals surface area contributed by atoms with E-state index in [1.54, 1.807) is 0 Å². The average Bonchev–Trinajstić information content (AvgIpc) is 2.59. The fourth-order valence-electron chi connectivity index (χ4n) is 1.76. The van der Waals surface area contributed by atoms with Crippen molar-refractivity contribution in [2.24, 2.45) is 4.99 Å². The molecule has 0 heterocycles. The van der Waals surface area contributed by atoms with Crippen molar-refractivity contribution in [2.45, 2.75) is 19.3 Å². The zero-order valence-electron chi connectivity index (χ0n) is 13.7. The molecule has 1 radical (unpaired) electrons. The molecule has 1 atom stereocenters. The molecule has 2 aromatic rings. The summed E-state index contributed by atoms with van der Waals surface area (Å²) in [7, 11) is 0. The number of nitrogens with zero attached hydrogens (tertiary/aromatic N) is 1. The van der Waals surface area contributed by atoms with Crippen molar-refractivity contribution < 1.29 is 38.9 Å². The second kappa shape index (κ2) is 12.8. The van der Waals surface area contributed by atoms with Crippen molar-refractivity contribution in [3.8, 4) is 0 Å². The summed E-state index contributed by atoms with van der Waals surface area (Å²) in [5.41, 5.74) is 1.68. The van der Waals surface area contributed by atoms with Crippen molar-refractivity contribution in [3.05, 3.63) is 78.7 Å². The molecular weight excluding hydrogens is 486 g/mol. The van der Waals surface area contributed by atoms with Crippen LogP contribution in [0.15, 0.2) is 65.7 Å². The Balaban J connectivity index is 0.00000288. The number of ether oxygens (including phenoxy) is 2. The quantitative estimate of drug-likeness (QED) is 0.199. The van der Waals surface area contributed by atoms with Gasteiger partial charge in [0.1, 0.15) is 18.7 Å². The fourth-order valence-corrected chi connectivity index (χ4v) is 1.76. The molecule has 5 nitrogen and oxygen atoms in total. The molecule has 0 N–H and O–H groups in total. The zero-order valence-corrected chi connectivity index (χ0v) is 19.0. The molecule has 0 aromatic heterocycles. The molecule has 0 saturated heterocycles. The Hall–Kier alpha value is -1.47. The molecule has 129 valence electrons. The number of carbonyl (C=O) groups is 1. The minimum atomic E-state index is -1.15. The van der Waals surface area contributed by atoms with Gasteiger partial charge in [0.25, 0.3) is 0 Å². The minimum absolute atomic E-state index is 0. The van der Waals surface area contributed by atoms with Crippen LogP contribution in [0.3, 0.4) is 0 Å². The van der Waals surface area contributed by atoms with Gasteiger partial charge in [-0.2, -0.15) is 0 Å². The Kier molecular flexibility index (Phi) is 12.1. The van der Waals surface area contributed by atoms with Crippen LogP contribution in [0, 0.1) is 6.92 Å². The largest absolute Gasteiger partial charge is 0.596 e. The van der Waals surface area contributed by atoms with Gasteiger partial charge in [0.2, 0.25) is 0 Å². The second-order valence-electron chi connectivity index (χ2n) is 4.78. The number of rotatable bonds is 6. The first-order valence-electron chi connectivity index (χ1n) is 7.10. The maximum absolute atomic E-state index is 11.7. The molecule has 2 aromatic carbocycles. The molecule has 0 fully saturated rings. The zero-order chi connectivity index (χ0) is 16.5. The molecule has 0 bridgehead atoms. The maximum atomic E-state index is 11.7. The summed E-state index contributed by atoms with van der Waals surface area (Å²) in [5, 5.41) is 11.6. The van der Waals surface area contributed by atoms with Gasteiger partial charge in [-0.25, -0.2) is 4.79 Å². The van der Waals surface area contributed by atoms with E-state index in [0.717, 1.165) is 11.1 Å². The fraction of sp³-hybridized carbons (Fsp3) is 0.167. The second-order valence-corrected chi connectivity index (χ2v) is 4.78. The Morgan fingerprint density at radius 1 is 0.960 bits per heavy atom. The van der Waals surface area contributed by atoms with Crippen molar-refractivity contribution in [1.29, 1.82) is 0 Å². The minimum Gasteiger partial charge on any atom is -0.596 e. The van der Waals surface area contributed by atoms with Crippen LogP contribution in [0.25, 0.3) is 0 Å². The van der Waals surface area contributed by atoms with E-state index in [9.17, 15) is 9.90 Å². The molecule has 0 aliphatic rings. The molecule has 0 saturated carbocycles. The van der Waals surface area contributed by atoms with E-state index in [1.165, 1.54) is 0 Å². The van der Waals surface area contributed by atoms with Gasteiger partial charge in [-0.1, -0.05) is 60.7 Å². The molecule has 0 aliphatic heterocycles. The monoisotopic (exact) mass is 503 g/mol. The topological polar surface area (TPSA) is 71.0 Å². The van der Waals surface area contributed by atoms with Gasteiger partial charge < -0.3 is 14.6 Å². The van der Waals surface area contributed by atoms with Crippen LogP contribution in [0.5, 0.6) is 0 Å². The van der Waals surface area contributed by atoms with Crippen LogP contribution in [0.2, 0.25) is 0 Å². The van der Waals surface area contributed by atoms with Crippen molar-refractivity contribution in [2.75, 3.05) is 0 Å². The van der Waals surface area contributed by atoms with E-state index in [0.29, 0.717) is 0 Å². The summed E-state index contributed by atoms with van der Waals surface area (Å²) in [6.07, 6.45) is -0.842. The first-order valence-corrected chi connectivity index (χ1v) is 7.10. The Bertz CT molecular complexity index is 653. The van der Waals surface area contributed by atoms with Crippen LogP contribution in [0.4, 0.5) is 0 Å². The predicted octanol–water partition coefficient (Wildman–Crippen LogP) is 2.48. The average molecular weight is 505 g/mol. The Morgan fingerprint density at radius 3 is 1.88 bits per heavy atom. The number of halogens is 1. The van der Waals surface area contributed by atoms with Gasteiger partial charge in [0.05, 0.1) is 0 Å². The van der Waals surface area contributed by atoms with Crippen LogP contribution in [-0.4, -0.2) is 18.1 Å². The smallest absolute Gasteiger partial charge is 0.331 e. The molecular formula is C18H18INO4Zn-. The molecule has 0 amide bonds. The van der Waals surface area contributed by atoms with Gasteiger partial charge in [-0.3, -0.25) is 4.99 Å². The third-order valence-electron chi connectivity index (χ3n) is 2.96. The van der Waals surface area contributed by atoms with Crippen LogP contribution >= 0.6 is 24.0 Å². The van der Waals surface area contributed by atoms with Crippen LogP contribution < -0.4 is 5.11 Å². The first-order chi connectivity index (χ1) is 11.1. The van der Waals surface area contributed by atoms with Gasteiger partial charge in [-0.15, -0.1) is 24.0 Å². The number of hydrogen-bond donors (Lipinski definition) is 0. The SMILES string of the molecule is I.[CH2][C@@H](N=C([O-])OCc1ccccc1)C(=O)OCc1ccccc1.[Zn]. The van der Waals surface area contributed by atoms with E-state index < -0.39 is 18.1 Å². The van der Waals surface area contributed by atoms with Crippen molar-refractivity contribution in [1.82, 2.24) is 0 Å². The maximum Gasteiger partial charge on any atom is 0.331 e. The van der Waals surface area contributed by atoms with E-state index >= 15 is 0 Å². The Morgan fingerprint density at radius 2 is 1.40 bits per heavy atom. The molecule has 0 unspecified atom stereocenters. The van der Waals surface area contributed by atoms with Gasteiger partial charge in [0.15, 0.2) is 0 Å². The predicted molar refractivity (Wildman–Crippen MR) is 99.5 cm³/mol. The van der Waals surface area contributed by atoms with Gasteiger partial charge in [-0.05, 0) is 18.1 Å². The van der Waals surface area contributed by atoms with Crippen molar-refractivity contribution >= 4 is 36.0 Å². The van der Waals surface area contributed by atoms with Crippen LogP contribution in [-0.2, 0) is 47.0 Å². The summed E-state index contributed by atoms with van der Waals surface area (Å²) < 4.78 is 10.0. The number of benzene rings is 2. The number of carbonyl (C=O) groups excluding carboxylic acids is 1. The summed E-state index contributed by atoms with van der Waals surface area (Å²) in [4.78, 5) is 15.3. The molecule has 25 heavy (non-hydrogen) atoms. The number of esters is 1. The summed E-state index contributed by atoms with van der Waals surface area (Å²) >= 11 is 0. The Labute approximate surface area is 177 Å². The summed E-state index contributed by atoms with van der Waals surface area (Å²) in [5.74, 6) is -0.675. The molecule has 0 aliphatic carbocycles. The third-order valence-corrected chi connectivity index (χ3v) is 2.96. The van der Waals surface area contributed by atoms with E-state index in [-0.39, 0.29) is 56.7 Å². The summed E-state index contributed by atoms with van der Waals surface area (Å²) in [6, 6.07) is 17.3. The molecule has 0 spiro atoms. The van der Waals surface area contributed by atoms with E-state index in [4.69, 9.17) is 9.47 Å². The van der Waals surface area contributed by atoms with E-state index in [1.807, 2.05) is 60.7 Å². The third kappa shape index (κ3) is 8.98. The number of aliphatic imine (C=N–C) groups is 1. The van der Waals surface area contributed by atoms with Crippen LogP contribution in [0.1, 0.15) is 11.1 Å². The standard InChI is InChI=1S/C18H18NO4.HI.Zn/c1-14(17(20)22-12-15-8-4-2-5-9-15)19-18(21)23-13-16-10-6-3-7-11-16;;/h2-11,14H,1,12-13H2,(H,19,21);1H;/p-1/t14-;;/m1../s1. The van der Waals surface area contributed by atoms with E-state index in [2.05, 4.69) is 11.9 Å². The molecule has 7 heteroatoms. The van der Waals surface area contributed by atoms with Gasteiger partial charge in [0, 0.05) is 26.1 Å². The first kappa shape index (κ1) is 23.5.